The molecule has 2 aliphatic carbocycles. The molecular weight excluding hydrogens is 1340 g/mol. The second kappa shape index (κ2) is 37.5. The van der Waals surface area contributed by atoms with Crippen LogP contribution in [0.5, 0.6) is 17.2 Å². The van der Waals surface area contributed by atoms with Crippen molar-refractivity contribution < 1.29 is 41.4 Å². The Morgan fingerprint density at radius 1 is 0.450 bits per heavy atom. The minimum absolute atomic E-state index is 0.0189. The fourth-order valence-corrected chi connectivity index (χ4v) is 18.8. The van der Waals surface area contributed by atoms with Gasteiger partial charge in [0.1, 0.15) is 58.3 Å². The maximum absolute atomic E-state index is 15.0. The average Bonchev–Trinajstić information content (AvgIpc) is 1.57. The third-order valence-electron chi connectivity index (χ3n) is 19.9. The van der Waals surface area contributed by atoms with E-state index in [0.717, 1.165) is 168 Å². The van der Waals surface area contributed by atoms with Crippen LogP contribution in [-0.4, -0.2) is 24.8 Å². The van der Waals surface area contributed by atoms with Gasteiger partial charge in [-0.1, -0.05) is 196 Å². The molecule has 528 valence electrons. The fourth-order valence-electron chi connectivity index (χ4n) is 14.0. The molecule has 100 heavy (non-hydrogen) atoms. The van der Waals surface area contributed by atoms with Gasteiger partial charge in [-0.25, -0.2) is 17.6 Å². The van der Waals surface area contributed by atoms with Crippen molar-refractivity contribution in [3.8, 4) is 70.8 Å². The molecule has 2 aromatic carbocycles. The van der Waals surface area contributed by atoms with Gasteiger partial charge in [-0.05, 0) is 116 Å². The molecule has 0 amide bonds. The molecule has 2 atom stereocenters. The number of thiophene rings is 4. The van der Waals surface area contributed by atoms with E-state index in [1.54, 1.807) is 34.8 Å². The van der Waals surface area contributed by atoms with E-state index in [9.17, 15) is 43.8 Å². The number of hydrogen-bond acceptors (Lipinski definition) is 13. The highest BCUT2D eigenvalue weighted by Crippen LogP contribution is 2.61. The van der Waals surface area contributed by atoms with Crippen LogP contribution in [0, 0.1) is 80.4 Å². The van der Waals surface area contributed by atoms with Crippen molar-refractivity contribution in [3.63, 3.8) is 0 Å². The molecule has 1 aliphatic heterocycles. The summed E-state index contributed by atoms with van der Waals surface area (Å²) in [6, 6.07) is 19.2. The number of hydrogen-bond donors (Lipinski definition) is 0. The summed E-state index contributed by atoms with van der Waals surface area (Å²) in [4.78, 5) is 35.2. The van der Waals surface area contributed by atoms with Crippen molar-refractivity contribution in [2.45, 2.75) is 240 Å². The van der Waals surface area contributed by atoms with Gasteiger partial charge in [0.15, 0.2) is 34.8 Å². The molecule has 0 saturated carbocycles. The summed E-state index contributed by atoms with van der Waals surface area (Å²) in [5.41, 5.74) is -0.935. The molecular formula is C83H94F4N4O5S4. The number of Topliss-reactive ketones (excluding diaryl/α,β-unsaturated/α-hetero) is 2. The molecule has 0 saturated heterocycles. The Hall–Kier alpha value is -7.38. The van der Waals surface area contributed by atoms with E-state index in [1.165, 1.54) is 113 Å². The Balaban J connectivity index is 1.20. The summed E-state index contributed by atoms with van der Waals surface area (Å²) >= 11 is 6.02. The first kappa shape index (κ1) is 76.8. The highest BCUT2D eigenvalue weighted by molar-refractivity contribution is 7.29. The molecule has 4 aromatic heterocycles. The number of allylic oxidation sites excluding steroid dienone is 6. The predicted octanol–water partition coefficient (Wildman–Crippen LogP) is 26.1. The van der Waals surface area contributed by atoms with E-state index in [2.05, 4.69) is 53.7 Å². The standard InChI is InChI=1S/C83H94F4N4O5S4/c1-7-13-17-19-21-23-25-27-29-31-35-83(36-32-30-28-26-24-22-20-18-14-8-2)65-45-73(80-70(94-51-53(11-5)33-15-9-3)39-57(97-80)37-63-75(55(47-88)48-89)59-41-66(84)68(86)43-61(59)77(63)92)99-79(65)82-72(96-83)46-74(100-82)81-71(95-52-54(12-6)34-16-10-4)40-58(98-81)38-64-76(56(49-90)50-91)60-42-67(85)69(87)44-62(60)78(64)93/h37-46,53-54H,7-36,51-52H2,1-6H3/b63-37-,64-38-. The summed E-state index contributed by atoms with van der Waals surface area (Å²) in [6.07, 6.45) is 36.2. The number of halogens is 4. The van der Waals surface area contributed by atoms with Gasteiger partial charge in [-0.2, -0.15) is 21.0 Å². The predicted molar refractivity (Wildman–Crippen MR) is 401 cm³/mol. The lowest BCUT2D eigenvalue weighted by molar-refractivity contribution is 0.0398. The second-order valence-corrected chi connectivity index (χ2v) is 31.4. The van der Waals surface area contributed by atoms with Crippen molar-refractivity contribution in [2.75, 3.05) is 13.2 Å². The van der Waals surface area contributed by atoms with Gasteiger partial charge in [0.2, 0.25) is 0 Å². The minimum atomic E-state index is -1.22. The van der Waals surface area contributed by atoms with Crippen LogP contribution in [0.2, 0.25) is 0 Å². The third-order valence-corrected chi connectivity index (χ3v) is 24.8. The maximum Gasteiger partial charge on any atom is 0.194 e. The van der Waals surface area contributed by atoms with Crippen molar-refractivity contribution in [1.29, 1.82) is 21.0 Å². The Morgan fingerprint density at radius 2 is 0.810 bits per heavy atom. The molecule has 0 N–H and O–H groups in total. The molecule has 5 heterocycles. The zero-order valence-electron chi connectivity index (χ0n) is 59.0. The highest BCUT2D eigenvalue weighted by atomic mass is 32.1. The number of carbonyl (C=O) groups is 2. The number of carbonyl (C=O) groups excluding carboxylic acids is 2. The van der Waals surface area contributed by atoms with Crippen molar-refractivity contribution in [2.24, 2.45) is 11.8 Å². The first-order valence-corrected chi connectivity index (χ1v) is 40.0. The topological polar surface area (TPSA) is 157 Å². The van der Waals surface area contributed by atoms with Gasteiger partial charge in [0.05, 0.1) is 37.6 Å². The smallest absolute Gasteiger partial charge is 0.194 e. The summed E-state index contributed by atoms with van der Waals surface area (Å²) in [5.74, 6) is -3.70. The van der Waals surface area contributed by atoms with Crippen molar-refractivity contribution in [3.05, 3.63) is 132 Å². The number of nitrogens with zero attached hydrogens (tertiary/aromatic N) is 4. The lowest BCUT2D eigenvalue weighted by Gasteiger charge is -2.38. The van der Waals surface area contributed by atoms with E-state index < -0.39 is 51.6 Å². The Labute approximate surface area is 605 Å². The minimum Gasteiger partial charge on any atom is -0.492 e. The lowest BCUT2D eigenvalue weighted by Crippen LogP contribution is -2.35. The van der Waals surface area contributed by atoms with Gasteiger partial charge >= 0.3 is 0 Å². The number of ether oxygens (including phenoxy) is 3. The van der Waals surface area contributed by atoms with Gasteiger partial charge < -0.3 is 14.2 Å². The number of benzene rings is 2. The molecule has 9 nitrogen and oxygen atoms in total. The average molecular weight is 1430 g/mol. The first-order valence-electron chi connectivity index (χ1n) is 36.8. The normalized spacial score (nSPS) is 14.9. The molecule has 0 bridgehead atoms. The summed E-state index contributed by atoms with van der Waals surface area (Å²) in [7, 11) is 0. The largest absolute Gasteiger partial charge is 0.492 e. The monoisotopic (exact) mass is 1430 g/mol. The number of fused-ring (bicyclic) bond motifs is 5. The first-order chi connectivity index (χ1) is 48.6. The Morgan fingerprint density at radius 3 is 1.19 bits per heavy atom. The quantitative estimate of drug-likeness (QED) is 0.0158. The van der Waals surface area contributed by atoms with Crippen LogP contribution in [0.3, 0.4) is 0 Å². The summed E-state index contributed by atoms with van der Waals surface area (Å²) < 4.78 is 81.5. The van der Waals surface area contributed by atoms with Gasteiger partial charge in [-0.15, -0.1) is 45.3 Å². The second-order valence-electron chi connectivity index (χ2n) is 27.1. The van der Waals surface area contributed by atoms with E-state index >= 15 is 4.39 Å². The number of unbranched alkanes of at least 4 members (excludes halogenated alkanes) is 20. The molecule has 2 unspecified atom stereocenters. The van der Waals surface area contributed by atoms with Crippen LogP contribution in [-0.2, 0) is 5.60 Å². The van der Waals surface area contributed by atoms with Crippen LogP contribution >= 0.6 is 45.3 Å². The highest BCUT2D eigenvalue weighted by Gasteiger charge is 2.44. The Bertz CT molecular complexity index is 4130. The number of nitriles is 4. The SMILES string of the molecule is CCCCCCCCCCCCC1(CCCCCCCCCCCC)Oc2cc(-c3sc(/C=C4\C(=O)c5cc(F)c(F)cc5C4=C(C#N)C#N)cc3OCC(CC)CCCC)sc2-c2sc(-c3sc(/C=C4\C(=O)c5cc(F)c(F)cc5C4=C(C#N)C#N)cc3OCC(CC)CCCC)cc21. The van der Waals surface area contributed by atoms with Crippen molar-refractivity contribution in [1.82, 2.24) is 0 Å². The third kappa shape index (κ3) is 18.3. The fraction of sp³-hybridized carbons (Fsp3) is 0.494. The summed E-state index contributed by atoms with van der Waals surface area (Å²) in [5, 5.41) is 41.0. The van der Waals surface area contributed by atoms with Crippen LogP contribution in [0.1, 0.15) is 281 Å². The van der Waals surface area contributed by atoms with Crippen LogP contribution < -0.4 is 14.2 Å². The van der Waals surface area contributed by atoms with Crippen LogP contribution in [0.15, 0.2) is 70.8 Å². The summed E-state index contributed by atoms with van der Waals surface area (Å²) in [6.45, 7) is 14.0. The maximum atomic E-state index is 15.0. The molecule has 9 rings (SSSR count). The van der Waals surface area contributed by atoms with Gasteiger partial charge in [0, 0.05) is 59.7 Å². The van der Waals surface area contributed by atoms with E-state index in [0.29, 0.717) is 34.5 Å². The van der Waals surface area contributed by atoms with E-state index in [-0.39, 0.29) is 56.4 Å². The molecule has 3 aliphatic rings. The van der Waals surface area contributed by atoms with E-state index in [1.807, 2.05) is 36.4 Å². The number of ketones is 2. The zero-order chi connectivity index (χ0) is 71.3. The molecule has 0 radical (unpaired) electrons. The number of rotatable bonds is 40. The molecule has 17 heteroatoms. The van der Waals surface area contributed by atoms with Crippen molar-refractivity contribution >= 4 is 80.2 Å². The van der Waals surface area contributed by atoms with E-state index in [4.69, 9.17) is 14.2 Å². The lowest BCUT2D eigenvalue weighted by atomic mass is 9.81. The molecule has 0 spiro atoms. The molecule has 0 fully saturated rings. The molecule has 6 aromatic rings. The van der Waals surface area contributed by atoms with Crippen LogP contribution in [0.25, 0.3) is 52.6 Å². The zero-order valence-corrected chi connectivity index (χ0v) is 62.3. The van der Waals surface area contributed by atoms with Gasteiger partial charge in [-0.3, -0.25) is 9.59 Å². The van der Waals surface area contributed by atoms with Crippen LogP contribution in [0.4, 0.5) is 17.6 Å². The van der Waals surface area contributed by atoms with Gasteiger partial charge in [0.25, 0.3) is 0 Å². The Kier molecular flexibility index (Phi) is 28.8.